The van der Waals surface area contributed by atoms with Crippen LogP contribution in [0.4, 0.5) is 9.80 Å². The van der Waals surface area contributed by atoms with Gasteiger partial charge in [-0.05, 0) is 27.2 Å². The number of anilines is 1. The number of nitrogens with zero attached hydrogens (tertiary/aromatic N) is 3. The van der Waals surface area contributed by atoms with Crippen LogP contribution in [0, 0.1) is 6.92 Å². The van der Waals surface area contributed by atoms with E-state index in [2.05, 4.69) is 26.1 Å². The number of urea groups is 1. The lowest BCUT2D eigenvalue weighted by Crippen LogP contribution is -2.37. The number of hydrogen-bond donors (Lipinski definition) is 3. The maximum Gasteiger partial charge on any atom is 0.341 e. The van der Waals surface area contributed by atoms with Crippen LogP contribution < -0.4 is 16.0 Å². The van der Waals surface area contributed by atoms with Crippen molar-refractivity contribution in [3.8, 4) is 5.00 Å². The summed E-state index contributed by atoms with van der Waals surface area (Å²) in [6.45, 7) is 5.95. The molecule has 0 spiro atoms. The minimum Gasteiger partial charge on any atom is -0.462 e. The van der Waals surface area contributed by atoms with Crippen molar-refractivity contribution in [2.45, 2.75) is 33.2 Å². The second-order valence-corrected chi connectivity index (χ2v) is 6.63. The second-order valence-electron chi connectivity index (χ2n) is 5.64. The van der Waals surface area contributed by atoms with Crippen LogP contribution in [-0.2, 0) is 9.53 Å². The first-order valence-electron chi connectivity index (χ1n) is 8.39. The van der Waals surface area contributed by atoms with Crippen LogP contribution in [0.2, 0.25) is 0 Å². The quantitative estimate of drug-likeness (QED) is 0.336. The highest BCUT2D eigenvalue weighted by molar-refractivity contribution is 7.19. The summed E-state index contributed by atoms with van der Waals surface area (Å²) >= 11 is 1.18. The Labute approximate surface area is 160 Å². The summed E-state index contributed by atoms with van der Waals surface area (Å²) in [5.74, 6) is -0.525. The van der Waals surface area contributed by atoms with Gasteiger partial charge in [-0.25, -0.2) is 9.59 Å². The molecule has 0 aromatic carbocycles. The molecule has 2 heterocycles. The lowest BCUT2D eigenvalue weighted by Gasteiger charge is -2.14. The molecule has 10 nitrogen and oxygen atoms in total. The maximum atomic E-state index is 12.4. The van der Waals surface area contributed by atoms with Crippen molar-refractivity contribution >= 4 is 34.7 Å². The van der Waals surface area contributed by atoms with E-state index in [0.29, 0.717) is 34.9 Å². The zero-order valence-electron chi connectivity index (χ0n) is 15.3. The van der Waals surface area contributed by atoms with E-state index in [1.54, 1.807) is 13.8 Å². The van der Waals surface area contributed by atoms with Crippen molar-refractivity contribution in [2.24, 2.45) is 0 Å². The first-order chi connectivity index (χ1) is 13.0. The molecule has 2 aromatic heterocycles. The number of carbonyl (C=O) groups excluding carboxylic acids is 3. The number of ether oxygens (including phenoxy) is 1. The number of thiophene rings is 1. The molecule has 11 heteroatoms. The minimum absolute atomic E-state index is 0.170. The van der Waals surface area contributed by atoms with Crippen molar-refractivity contribution in [1.29, 1.82) is 0 Å². The van der Waals surface area contributed by atoms with Crippen LogP contribution in [0.5, 0.6) is 0 Å². The second kappa shape index (κ2) is 9.67. The van der Waals surface area contributed by atoms with Crippen LogP contribution in [0.15, 0.2) is 12.4 Å². The predicted octanol–water partition coefficient (Wildman–Crippen LogP) is 1.46. The fourth-order valence-corrected chi connectivity index (χ4v) is 3.45. The van der Waals surface area contributed by atoms with Crippen molar-refractivity contribution in [3.05, 3.63) is 23.5 Å². The van der Waals surface area contributed by atoms with Gasteiger partial charge in [0.15, 0.2) is 0 Å². The largest absolute Gasteiger partial charge is 0.462 e. The highest BCUT2D eigenvalue weighted by Gasteiger charge is 2.25. The molecule has 0 aliphatic rings. The number of nitrogens with one attached hydrogen (secondary N) is 3. The molecule has 0 aliphatic heterocycles. The maximum absolute atomic E-state index is 12.4. The van der Waals surface area contributed by atoms with Crippen LogP contribution >= 0.6 is 11.3 Å². The van der Waals surface area contributed by atoms with Gasteiger partial charge in [0.05, 0.1) is 24.6 Å². The van der Waals surface area contributed by atoms with Gasteiger partial charge in [-0.1, -0.05) is 11.3 Å². The molecular weight excluding hydrogens is 372 g/mol. The minimum atomic E-state index is -0.525. The summed E-state index contributed by atoms with van der Waals surface area (Å²) in [6.07, 6.45) is 4.23. The third kappa shape index (κ3) is 5.26. The topological polar surface area (TPSA) is 127 Å². The van der Waals surface area contributed by atoms with Gasteiger partial charge in [-0.2, -0.15) is 10.2 Å². The summed E-state index contributed by atoms with van der Waals surface area (Å²) in [4.78, 5) is 36.3. The van der Waals surface area contributed by atoms with E-state index in [-0.39, 0.29) is 18.2 Å². The molecule has 0 saturated carbocycles. The number of carbonyl (C=O) groups is 3. The zero-order chi connectivity index (χ0) is 19.8. The first-order valence-corrected chi connectivity index (χ1v) is 9.21. The molecule has 27 heavy (non-hydrogen) atoms. The Kier molecular flexibility index (Phi) is 7.29. The van der Waals surface area contributed by atoms with E-state index in [1.165, 1.54) is 28.5 Å². The third-order valence-electron chi connectivity index (χ3n) is 3.61. The van der Waals surface area contributed by atoms with Crippen LogP contribution in [0.25, 0.3) is 5.00 Å². The highest BCUT2D eigenvalue weighted by Crippen LogP contribution is 2.35. The smallest absolute Gasteiger partial charge is 0.341 e. The molecule has 3 N–H and O–H groups in total. The molecule has 3 amide bonds. The molecule has 2 aromatic rings. The Morgan fingerprint density at radius 3 is 2.70 bits per heavy atom. The molecular formula is C16H22N6O4S. The predicted molar refractivity (Wildman–Crippen MR) is 100 cm³/mol. The van der Waals surface area contributed by atoms with E-state index in [4.69, 9.17) is 4.74 Å². The monoisotopic (exact) mass is 394 g/mol. The van der Waals surface area contributed by atoms with Gasteiger partial charge in [-0.3, -0.25) is 10.1 Å². The summed E-state index contributed by atoms with van der Waals surface area (Å²) in [5.41, 5.74) is 0.896. The summed E-state index contributed by atoms with van der Waals surface area (Å²) in [6, 6.07) is -0.628. The molecule has 0 bridgehead atoms. The van der Waals surface area contributed by atoms with Gasteiger partial charge < -0.3 is 15.4 Å². The van der Waals surface area contributed by atoms with Gasteiger partial charge in [-0.15, -0.1) is 4.80 Å². The van der Waals surface area contributed by atoms with Gasteiger partial charge in [0.25, 0.3) is 0 Å². The van der Waals surface area contributed by atoms with Gasteiger partial charge in [0, 0.05) is 18.2 Å². The number of hydrogen-bond acceptors (Lipinski definition) is 7. The van der Waals surface area contributed by atoms with Crippen LogP contribution in [0.3, 0.4) is 0 Å². The molecule has 1 unspecified atom stereocenters. The van der Waals surface area contributed by atoms with Crippen LogP contribution in [0.1, 0.15) is 36.2 Å². The fraction of sp³-hybridized carbons (Fsp3) is 0.438. The lowest BCUT2D eigenvalue weighted by molar-refractivity contribution is -0.109. The van der Waals surface area contributed by atoms with E-state index in [1.807, 2.05) is 6.92 Å². The van der Waals surface area contributed by atoms with E-state index in [9.17, 15) is 14.4 Å². The molecule has 0 saturated heterocycles. The average Bonchev–Trinajstić information content (AvgIpc) is 3.23. The Bertz CT molecular complexity index is 789. The van der Waals surface area contributed by atoms with Gasteiger partial charge >= 0.3 is 12.0 Å². The van der Waals surface area contributed by atoms with E-state index < -0.39 is 12.0 Å². The summed E-state index contributed by atoms with van der Waals surface area (Å²) < 4.78 is 5.11. The number of aromatic nitrogens is 3. The first kappa shape index (κ1) is 20.4. The molecule has 2 rings (SSSR count). The Hall–Kier alpha value is -2.95. The fourth-order valence-electron chi connectivity index (χ4n) is 2.34. The van der Waals surface area contributed by atoms with Crippen molar-refractivity contribution in [1.82, 2.24) is 25.6 Å². The Balaban J connectivity index is 2.19. The number of esters is 1. The molecule has 0 aliphatic carbocycles. The van der Waals surface area contributed by atoms with E-state index in [0.717, 1.165) is 0 Å². The van der Waals surface area contributed by atoms with Crippen molar-refractivity contribution in [3.63, 3.8) is 0 Å². The SMILES string of the molecule is CCOC(=O)c1c(NC(=O)NC(C)CCNC=O)sc(-n2nccn2)c1C. The Morgan fingerprint density at radius 1 is 1.37 bits per heavy atom. The molecule has 0 fully saturated rings. The molecule has 146 valence electrons. The van der Waals surface area contributed by atoms with E-state index >= 15 is 0 Å². The zero-order valence-corrected chi connectivity index (χ0v) is 16.1. The summed E-state index contributed by atoms with van der Waals surface area (Å²) in [5, 5.41) is 17.1. The highest BCUT2D eigenvalue weighted by atomic mass is 32.1. The third-order valence-corrected chi connectivity index (χ3v) is 4.78. The number of amides is 3. The lowest BCUT2D eigenvalue weighted by atomic mass is 10.2. The van der Waals surface area contributed by atoms with Gasteiger partial charge in [0.2, 0.25) is 6.41 Å². The molecule has 0 radical (unpaired) electrons. The standard InChI is InChI=1S/C16H22N6O4S/c1-4-26-15(24)12-11(3)14(22-18-7-8-19-22)27-13(12)21-16(25)20-10(2)5-6-17-9-23/h7-10H,4-6H2,1-3H3,(H,17,23)(H2,20,21,25). The Morgan fingerprint density at radius 2 is 2.07 bits per heavy atom. The summed E-state index contributed by atoms with van der Waals surface area (Å²) in [7, 11) is 0. The van der Waals surface area contributed by atoms with Crippen molar-refractivity contribution in [2.75, 3.05) is 18.5 Å². The van der Waals surface area contributed by atoms with Crippen LogP contribution in [-0.4, -0.2) is 52.6 Å². The average molecular weight is 394 g/mol. The normalized spacial score (nSPS) is 11.5. The van der Waals surface area contributed by atoms with Gasteiger partial charge in [0.1, 0.15) is 10.0 Å². The van der Waals surface area contributed by atoms with Crippen molar-refractivity contribution < 1.29 is 19.1 Å². The number of rotatable bonds is 9. The molecule has 1 atom stereocenters.